The molecule has 0 bridgehead atoms. The van der Waals surface area contributed by atoms with Gasteiger partial charge in [-0.3, -0.25) is 10.1 Å². The largest absolute Gasteiger partial charge is 0.377 e. The van der Waals surface area contributed by atoms with E-state index in [9.17, 15) is 10.1 Å². The van der Waals surface area contributed by atoms with E-state index in [2.05, 4.69) is 12.2 Å². The normalized spacial score (nSPS) is 22.6. The van der Waals surface area contributed by atoms with Crippen LogP contribution in [0.5, 0.6) is 0 Å². The Morgan fingerprint density at radius 3 is 2.81 bits per heavy atom. The molecule has 1 N–H and O–H groups in total. The summed E-state index contributed by atoms with van der Waals surface area (Å²) >= 11 is 0. The highest BCUT2D eigenvalue weighted by Gasteiger charge is 2.21. The van der Waals surface area contributed by atoms with Crippen LogP contribution in [0.25, 0.3) is 0 Å². The molecule has 0 saturated heterocycles. The molecule has 1 aromatic carbocycles. The number of hydrogen-bond donors (Lipinski definition) is 1. The van der Waals surface area contributed by atoms with E-state index >= 15 is 0 Å². The van der Waals surface area contributed by atoms with Crippen molar-refractivity contribution in [3.8, 4) is 0 Å². The van der Waals surface area contributed by atoms with E-state index in [1.165, 1.54) is 32.1 Å². The molecule has 1 fully saturated rings. The Hall–Kier alpha value is -1.58. The van der Waals surface area contributed by atoms with Crippen LogP contribution in [0.15, 0.2) is 18.2 Å². The summed E-state index contributed by atoms with van der Waals surface area (Å²) in [5.41, 5.74) is 1.93. The number of rotatable bonds is 5. The van der Waals surface area contributed by atoms with Crippen LogP contribution in [0.3, 0.4) is 0 Å². The Kier molecular flexibility index (Phi) is 5.59. The van der Waals surface area contributed by atoms with Gasteiger partial charge in [0.2, 0.25) is 0 Å². The van der Waals surface area contributed by atoms with E-state index in [4.69, 9.17) is 0 Å². The van der Waals surface area contributed by atoms with Crippen molar-refractivity contribution in [3.05, 3.63) is 33.9 Å². The van der Waals surface area contributed by atoms with Crippen LogP contribution in [0, 0.1) is 23.0 Å². The molecule has 0 spiro atoms. The van der Waals surface area contributed by atoms with Crippen molar-refractivity contribution >= 4 is 11.4 Å². The maximum atomic E-state index is 11.1. The van der Waals surface area contributed by atoms with Crippen LogP contribution in [0.2, 0.25) is 0 Å². The van der Waals surface area contributed by atoms with E-state index in [0.717, 1.165) is 24.3 Å². The monoisotopic (exact) mass is 290 g/mol. The number of aryl methyl sites for hydroxylation is 1. The summed E-state index contributed by atoms with van der Waals surface area (Å²) in [6.45, 7) is 4.22. The first kappa shape index (κ1) is 15.8. The quantitative estimate of drug-likeness (QED) is 0.468. The zero-order valence-electron chi connectivity index (χ0n) is 13.1. The van der Waals surface area contributed by atoms with Gasteiger partial charge in [0.15, 0.2) is 0 Å². The molecule has 0 aromatic heterocycles. The second kappa shape index (κ2) is 7.43. The summed E-state index contributed by atoms with van der Waals surface area (Å²) in [4.78, 5) is 10.9. The molecule has 1 saturated carbocycles. The summed E-state index contributed by atoms with van der Waals surface area (Å²) in [5.74, 6) is 0.842. The molecule has 2 unspecified atom stereocenters. The Bertz CT molecular complexity index is 488. The van der Waals surface area contributed by atoms with Crippen LogP contribution >= 0.6 is 0 Å². The average Bonchev–Trinajstić information content (AvgIpc) is 2.65. The maximum Gasteiger partial charge on any atom is 0.292 e. The third-order valence-corrected chi connectivity index (χ3v) is 4.49. The molecule has 4 heteroatoms. The fourth-order valence-electron chi connectivity index (χ4n) is 3.36. The highest BCUT2D eigenvalue weighted by molar-refractivity contribution is 5.63. The smallest absolute Gasteiger partial charge is 0.292 e. The third-order valence-electron chi connectivity index (χ3n) is 4.49. The molecule has 116 valence electrons. The van der Waals surface area contributed by atoms with Crippen LogP contribution in [-0.2, 0) is 0 Å². The van der Waals surface area contributed by atoms with E-state index < -0.39 is 0 Å². The molecule has 0 heterocycles. The molecule has 0 radical (unpaired) electrons. The number of nitrogens with zero attached hydrogens (tertiary/aromatic N) is 1. The molecule has 4 nitrogen and oxygen atoms in total. The second-order valence-corrected chi connectivity index (χ2v) is 6.28. The topological polar surface area (TPSA) is 55.2 Å². The number of nitro groups is 1. The van der Waals surface area contributed by atoms with Crippen molar-refractivity contribution in [1.29, 1.82) is 0 Å². The van der Waals surface area contributed by atoms with E-state index in [1.54, 1.807) is 12.1 Å². The molecule has 1 aromatic rings. The van der Waals surface area contributed by atoms with Crippen LogP contribution in [0.4, 0.5) is 11.4 Å². The van der Waals surface area contributed by atoms with Crippen LogP contribution < -0.4 is 5.32 Å². The van der Waals surface area contributed by atoms with Gasteiger partial charge < -0.3 is 5.32 Å². The number of nitro benzene ring substituents is 1. The zero-order chi connectivity index (χ0) is 15.2. The lowest BCUT2D eigenvalue weighted by atomic mass is 9.95. The minimum atomic E-state index is -0.293. The predicted octanol–water partition coefficient (Wildman–Crippen LogP) is 5.06. The molecular weight excluding hydrogens is 264 g/mol. The van der Waals surface area contributed by atoms with Gasteiger partial charge in [0.1, 0.15) is 5.69 Å². The number of anilines is 1. The van der Waals surface area contributed by atoms with Gasteiger partial charge in [-0.15, -0.1) is 0 Å². The summed E-state index contributed by atoms with van der Waals surface area (Å²) in [5, 5.41) is 14.6. The number of nitrogens with one attached hydrogen (secondary N) is 1. The van der Waals surface area contributed by atoms with Crippen molar-refractivity contribution < 1.29 is 4.92 Å². The van der Waals surface area contributed by atoms with Gasteiger partial charge >= 0.3 is 0 Å². The average molecular weight is 290 g/mol. The lowest BCUT2D eigenvalue weighted by molar-refractivity contribution is -0.384. The van der Waals surface area contributed by atoms with Gasteiger partial charge in [-0.05, 0) is 43.7 Å². The van der Waals surface area contributed by atoms with Crippen molar-refractivity contribution in [3.63, 3.8) is 0 Å². The Labute approximate surface area is 127 Å². The molecular formula is C17H26N2O2. The van der Waals surface area contributed by atoms with E-state index in [0.29, 0.717) is 11.7 Å². The van der Waals surface area contributed by atoms with Gasteiger partial charge in [0, 0.05) is 12.1 Å². The van der Waals surface area contributed by atoms with Crippen molar-refractivity contribution in [2.75, 3.05) is 5.32 Å². The Balaban J connectivity index is 2.04. The van der Waals surface area contributed by atoms with Crippen molar-refractivity contribution in [1.82, 2.24) is 0 Å². The van der Waals surface area contributed by atoms with Crippen molar-refractivity contribution in [2.24, 2.45) is 5.92 Å². The standard InChI is InChI=1S/C17H26N2O2/c1-3-5-14-6-4-7-15(10-9-14)18-16-12-13(2)8-11-17(16)19(20)21/h8,11-12,14-15,18H,3-7,9-10H2,1-2H3. The fraction of sp³-hybridized carbons (Fsp3) is 0.647. The van der Waals surface area contributed by atoms with Gasteiger partial charge in [0.25, 0.3) is 5.69 Å². The molecule has 2 atom stereocenters. The first-order valence-corrected chi connectivity index (χ1v) is 8.11. The molecule has 0 amide bonds. The van der Waals surface area contributed by atoms with Crippen molar-refractivity contribution in [2.45, 2.75) is 64.8 Å². The molecule has 1 aliphatic rings. The molecule has 21 heavy (non-hydrogen) atoms. The highest BCUT2D eigenvalue weighted by atomic mass is 16.6. The fourth-order valence-corrected chi connectivity index (χ4v) is 3.36. The summed E-state index contributed by atoms with van der Waals surface area (Å²) in [6.07, 6.45) is 8.58. The minimum Gasteiger partial charge on any atom is -0.377 e. The summed E-state index contributed by atoms with van der Waals surface area (Å²) in [6, 6.07) is 5.67. The Morgan fingerprint density at radius 2 is 2.10 bits per heavy atom. The molecule has 2 rings (SSSR count). The first-order valence-electron chi connectivity index (χ1n) is 8.11. The van der Waals surface area contributed by atoms with E-state index in [1.807, 2.05) is 13.0 Å². The van der Waals surface area contributed by atoms with Crippen LogP contribution in [0.1, 0.15) is 57.4 Å². The lowest BCUT2D eigenvalue weighted by Crippen LogP contribution is -2.19. The predicted molar refractivity (Wildman–Crippen MR) is 86.7 cm³/mol. The number of benzene rings is 1. The van der Waals surface area contributed by atoms with Gasteiger partial charge in [-0.2, -0.15) is 0 Å². The first-order chi connectivity index (χ1) is 10.1. The second-order valence-electron chi connectivity index (χ2n) is 6.28. The Morgan fingerprint density at radius 1 is 1.29 bits per heavy atom. The van der Waals surface area contributed by atoms with E-state index in [-0.39, 0.29) is 10.6 Å². The van der Waals surface area contributed by atoms with Gasteiger partial charge in [-0.1, -0.05) is 38.7 Å². The maximum absolute atomic E-state index is 11.1. The highest BCUT2D eigenvalue weighted by Crippen LogP contribution is 2.31. The minimum absolute atomic E-state index is 0.190. The zero-order valence-corrected chi connectivity index (χ0v) is 13.1. The summed E-state index contributed by atoms with van der Waals surface area (Å²) in [7, 11) is 0. The third kappa shape index (κ3) is 4.45. The lowest BCUT2D eigenvalue weighted by Gasteiger charge is -2.18. The van der Waals surface area contributed by atoms with Crippen LogP contribution in [-0.4, -0.2) is 11.0 Å². The molecule has 1 aliphatic carbocycles. The number of hydrogen-bond acceptors (Lipinski definition) is 3. The summed E-state index contributed by atoms with van der Waals surface area (Å²) < 4.78 is 0. The van der Waals surface area contributed by atoms with Gasteiger partial charge in [-0.25, -0.2) is 0 Å². The SMILES string of the molecule is CCCC1CCCC(Nc2cc(C)ccc2[N+](=O)[O-])CC1. The van der Waals surface area contributed by atoms with Gasteiger partial charge in [0.05, 0.1) is 4.92 Å². The molecule has 0 aliphatic heterocycles.